The zero-order chi connectivity index (χ0) is 13.1. The third kappa shape index (κ3) is 2.52. The quantitative estimate of drug-likeness (QED) is 0.723. The summed E-state index contributed by atoms with van der Waals surface area (Å²) in [7, 11) is 0. The van der Waals surface area contributed by atoms with E-state index >= 15 is 0 Å². The number of H-pyrrole nitrogens is 1. The molecule has 1 aromatic heterocycles. The van der Waals surface area contributed by atoms with Crippen molar-refractivity contribution in [3.8, 4) is 0 Å². The fourth-order valence-electron chi connectivity index (χ4n) is 1.40. The lowest BCUT2D eigenvalue weighted by molar-refractivity contribution is 0.102. The Balaban J connectivity index is 2.24. The number of hydrogen-bond donors (Lipinski definition) is 3. The fourth-order valence-corrected chi connectivity index (χ4v) is 1.58. The van der Waals surface area contributed by atoms with Crippen LogP contribution in [0.4, 0.5) is 11.4 Å². The smallest absolute Gasteiger partial charge is 0.261 e. The SMILES string of the molecule is Nc1ccc(NC(=O)c2c[nH]ccc2=O)cc1Cl. The van der Waals surface area contributed by atoms with Crippen LogP contribution < -0.4 is 16.5 Å². The molecule has 0 aliphatic carbocycles. The summed E-state index contributed by atoms with van der Waals surface area (Å²) in [5.41, 5.74) is 6.13. The maximum absolute atomic E-state index is 11.8. The van der Waals surface area contributed by atoms with Crippen molar-refractivity contribution in [2.75, 3.05) is 11.1 Å². The Morgan fingerprint density at radius 3 is 2.78 bits per heavy atom. The van der Waals surface area contributed by atoms with E-state index in [1.54, 1.807) is 12.1 Å². The van der Waals surface area contributed by atoms with Crippen molar-refractivity contribution in [2.45, 2.75) is 0 Å². The summed E-state index contributed by atoms with van der Waals surface area (Å²) in [5.74, 6) is -0.502. The summed E-state index contributed by atoms with van der Waals surface area (Å²) in [6.07, 6.45) is 2.80. The van der Waals surface area contributed by atoms with Crippen LogP contribution in [0, 0.1) is 0 Å². The average Bonchev–Trinajstić information content (AvgIpc) is 2.34. The topological polar surface area (TPSA) is 88.0 Å². The number of nitrogen functional groups attached to an aromatic ring is 1. The Kier molecular flexibility index (Phi) is 3.34. The first-order chi connectivity index (χ1) is 8.58. The Bertz CT molecular complexity index is 652. The van der Waals surface area contributed by atoms with Crippen LogP contribution in [0.3, 0.4) is 0 Å². The zero-order valence-electron chi connectivity index (χ0n) is 9.24. The van der Waals surface area contributed by atoms with Crippen LogP contribution in [0.1, 0.15) is 10.4 Å². The van der Waals surface area contributed by atoms with Crippen molar-refractivity contribution < 1.29 is 4.79 Å². The summed E-state index contributed by atoms with van der Waals surface area (Å²) < 4.78 is 0. The monoisotopic (exact) mass is 263 g/mol. The van der Waals surface area contributed by atoms with Crippen LogP contribution in [0.2, 0.25) is 5.02 Å². The minimum Gasteiger partial charge on any atom is -0.398 e. The van der Waals surface area contributed by atoms with E-state index in [9.17, 15) is 9.59 Å². The fraction of sp³-hybridized carbons (Fsp3) is 0. The number of anilines is 2. The number of nitrogens with two attached hydrogens (primary N) is 1. The largest absolute Gasteiger partial charge is 0.398 e. The Labute approximate surface area is 108 Å². The third-order valence-corrected chi connectivity index (χ3v) is 2.65. The van der Waals surface area contributed by atoms with Crippen LogP contribution in [0.5, 0.6) is 0 Å². The molecule has 0 saturated carbocycles. The number of pyridine rings is 1. The van der Waals surface area contributed by atoms with E-state index in [2.05, 4.69) is 10.3 Å². The van der Waals surface area contributed by atoms with Crippen LogP contribution in [0.25, 0.3) is 0 Å². The molecule has 0 radical (unpaired) electrons. The van der Waals surface area contributed by atoms with Gasteiger partial charge in [-0.3, -0.25) is 9.59 Å². The van der Waals surface area contributed by atoms with Crippen LogP contribution in [0.15, 0.2) is 41.5 Å². The van der Waals surface area contributed by atoms with E-state index < -0.39 is 5.91 Å². The molecule has 2 aromatic rings. The normalized spacial score (nSPS) is 10.1. The number of benzene rings is 1. The molecule has 4 N–H and O–H groups in total. The molecule has 0 aliphatic heterocycles. The number of hydrogen-bond acceptors (Lipinski definition) is 3. The summed E-state index contributed by atoms with van der Waals surface area (Å²) in [5, 5.41) is 2.91. The highest BCUT2D eigenvalue weighted by Gasteiger charge is 2.10. The van der Waals surface area contributed by atoms with Crippen molar-refractivity contribution in [3.05, 3.63) is 57.5 Å². The zero-order valence-corrected chi connectivity index (χ0v) is 9.99. The number of carbonyl (C=O) groups is 1. The van der Waals surface area contributed by atoms with E-state index in [1.165, 1.54) is 24.5 Å². The number of rotatable bonds is 2. The number of nitrogens with one attached hydrogen (secondary N) is 2. The van der Waals surface area contributed by atoms with E-state index in [-0.39, 0.29) is 11.0 Å². The third-order valence-electron chi connectivity index (χ3n) is 2.33. The van der Waals surface area contributed by atoms with Gasteiger partial charge in [-0.1, -0.05) is 11.6 Å². The minimum atomic E-state index is -0.502. The van der Waals surface area contributed by atoms with Gasteiger partial charge in [-0.2, -0.15) is 0 Å². The molecule has 5 nitrogen and oxygen atoms in total. The van der Waals surface area contributed by atoms with Crippen molar-refractivity contribution in [1.29, 1.82) is 0 Å². The van der Waals surface area contributed by atoms with Gasteiger partial charge < -0.3 is 16.0 Å². The molecule has 18 heavy (non-hydrogen) atoms. The second kappa shape index (κ2) is 4.93. The molecule has 0 fully saturated rings. The van der Waals surface area contributed by atoms with Crippen molar-refractivity contribution in [1.82, 2.24) is 4.98 Å². The number of halogens is 1. The molecule has 0 unspecified atom stereocenters. The van der Waals surface area contributed by atoms with Crippen LogP contribution in [-0.4, -0.2) is 10.9 Å². The number of amides is 1. The molecule has 0 bridgehead atoms. The molecule has 0 spiro atoms. The Morgan fingerprint density at radius 2 is 2.11 bits per heavy atom. The standard InChI is InChI=1S/C12H10ClN3O2/c13-9-5-7(1-2-10(9)14)16-12(18)8-6-15-4-3-11(8)17/h1-6H,14H2,(H,15,17)(H,16,18). The second-order valence-electron chi connectivity index (χ2n) is 3.61. The summed E-state index contributed by atoms with van der Waals surface area (Å²) >= 11 is 5.83. The molecule has 0 saturated heterocycles. The van der Waals surface area contributed by atoms with E-state index in [1.807, 2.05) is 0 Å². The molecule has 0 atom stereocenters. The molecule has 1 amide bonds. The van der Waals surface area contributed by atoms with Crippen LogP contribution in [-0.2, 0) is 0 Å². The second-order valence-corrected chi connectivity index (χ2v) is 4.02. The van der Waals surface area contributed by atoms with Gasteiger partial charge in [-0.25, -0.2) is 0 Å². The first kappa shape index (κ1) is 12.2. The maximum atomic E-state index is 11.8. The van der Waals surface area contributed by atoms with Gasteiger partial charge in [0.25, 0.3) is 5.91 Å². The van der Waals surface area contributed by atoms with Gasteiger partial charge in [-0.15, -0.1) is 0 Å². The molecule has 2 rings (SSSR count). The lowest BCUT2D eigenvalue weighted by atomic mass is 10.2. The van der Waals surface area contributed by atoms with Gasteiger partial charge in [0.1, 0.15) is 5.56 Å². The first-order valence-electron chi connectivity index (χ1n) is 5.11. The van der Waals surface area contributed by atoms with Gasteiger partial charge in [0, 0.05) is 24.1 Å². The van der Waals surface area contributed by atoms with Gasteiger partial charge >= 0.3 is 0 Å². The Hall–Kier alpha value is -2.27. The average molecular weight is 264 g/mol. The highest BCUT2D eigenvalue weighted by molar-refractivity contribution is 6.33. The van der Waals surface area contributed by atoms with Crippen molar-refractivity contribution >= 4 is 28.9 Å². The molecule has 1 aromatic carbocycles. The van der Waals surface area contributed by atoms with Gasteiger partial charge in [0.15, 0.2) is 5.43 Å². The van der Waals surface area contributed by atoms with Crippen molar-refractivity contribution in [3.63, 3.8) is 0 Å². The number of aromatic amines is 1. The minimum absolute atomic E-state index is 0.0328. The molecule has 6 heteroatoms. The highest BCUT2D eigenvalue weighted by Crippen LogP contribution is 2.22. The summed E-state index contributed by atoms with van der Waals surface area (Å²) in [6.45, 7) is 0. The summed E-state index contributed by atoms with van der Waals surface area (Å²) in [6, 6.07) is 5.99. The van der Waals surface area contributed by atoms with E-state index in [0.29, 0.717) is 16.4 Å². The molecule has 92 valence electrons. The van der Waals surface area contributed by atoms with Gasteiger partial charge in [-0.05, 0) is 18.2 Å². The van der Waals surface area contributed by atoms with Gasteiger partial charge in [0.2, 0.25) is 0 Å². The number of carbonyl (C=O) groups excluding carboxylic acids is 1. The molecular formula is C12H10ClN3O2. The van der Waals surface area contributed by atoms with Gasteiger partial charge in [0.05, 0.1) is 10.7 Å². The highest BCUT2D eigenvalue weighted by atomic mass is 35.5. The predicted octanol–water partition coefficient (Wildman–Crippen LogP) is 1.86. The predicted molar refractivity (Wildman–Crippen MR) is 70.9 cm³/mol. The van der Waals surface area contributed by atoms with E-state index in [0.717, 1.165) is 0 Å². The van der Waals surface area contributed by atoms with Crippen molar-refractivity contribution in [2.24, 2.45) is 0 Å². The maximum Gasteiger partial charge on any atom is 0.261 e. The molecule has 0 aliphatic rings. The first-order valence-corrected chi connectivity index (χ1v) is 5.49. The summed E-state index contributed by atoms with van der Waals surface area (Å²) in [4.78, 5) is 26.0. The Morgan fingerprint density at radius 1 is 1.33 bits per heavy atom. The lowest BCUT2D eigenvalue weighted by Crippen LogP contribution is -2.20. The molecular weight excluding hydrogens is 254 g/mol. The van der Waals surface area contributed by atoms with E-state index in [4.69, 9.17) is 17.3 Å². The lowest BCUT2D eigenvalue weighted by Gasteiger charge is -2.06. The molecule has 1 heterocycles. The number of aromatic nitrogens is 1. The van der Waals surface area contributed by atoms with Crippen LogP contribution >= 0.6 is 11.6 Å².